The molecule has 8 heteroatoms. The molecule has 4 N–H and O–H groups in total. The zero-order chi connectivity index (χ0) is 13.9. The highest BCUT2D eigenvalue weighted by Crippen LogP contribution is 2.32. The number of anilines is 1. The second kappa shape index (κ2) is 6.33. The van der Waals surface area contributed by atoms with Crippen LogP contribution in [0.2, 0.25) is 0 Å². The number of nitrogen functional groups attached to an aromatic ring is 1. The van der Waals surface area contributed by atoms with E-state index in [0.717, 1.165) is 0 Å². The maximum absolute atomic E-state index is 12.2. The lowest BCUT2D eigenvalue weighted by Gasteiger charge is -2.16. The van der Waals surface area contributed by atoms with Crippen molar-refractivity contribution >= 4 is 47.6 Å². The minimum absolute atomic E-state index is 0.0728. The molecule has 0 radical (unpaired) electrons. The second-order valence-corrected chi connectivity index (χ2v) is 7.08. The first kappa shape index (κ1) is 15.9. The van der Waals surface area contributed by atoms with Crippen molar-refractivity contribution < 1.29 is 13.5 Å². The summed E-state index contributed by atoms with van der Waals surface area (Å²) >= 11 is 6.35. The van der Waals surface area contributed by atoms with Crippen LogP contribution in [0.5, 0.6) is 0 Å². The van der Waals surface area contributed by atoms with E-state index in [1.54, 1.807) is 6.92 Å². The highest BCUT2D eigenvalue weighted by molar-refractivity contribution is 9.11. The van der Waals surface area contributed by atoms with Crippen LogP contribution >= 0.6 is 31.9 Å². The molecule has 0 aliphatic heterocycles. The highest BCUT2D eigenvalue weighted by Gasteiger charge is 2.24. The van der Waals surface area contributed by atoms with Crippen LogP contribution in [0, 0.1) is 0 Å². The molecular formula is C10H14Br2N2O3S. The van der Waals surface area contributed by atoms with Crippen molar-refractivity contribution in [2.75, 3.05) is 12.3 Å². The molecule has 0 saturated carbocycles. The van der Waals surface area contributed by atoms with Gasteiger partial charge in [-0.1, -0.05) is 6.92 Å². The lowest BCUT2D eigenvalue weighted by atomic mass is 10.3. The number of hydrogen-bond acceptors (Lipinski definition) is 4. The second-order valence-electron chi connectivity index (χ2n) is 3.72. The number of sulfonamides is 1. The normalized spacial score (nSPS) is 13.6. The van der Waals surface area contributed by atoms with Crippen molar-refractivity contribution in [1.29, 1.82) is 0 Å². The number of aliphatic hydroxyl groups excluding tert-OH is 1. The molecule has 1 atom stereocenters. The monoisotopic (exact) mass is 400 g/mol. The molecule has 0 aromatic heterocycles. The van der Waals surface area contributed by atoms with Gasteiger partial charge in [0.15, 0.2) is 0 Å². The molecular weight excluding hydrogens is 388 g/mol. The summed E-state index contributed by atoms with van der Waals surface area (Å²) in [4.78, 5) is 0.0728. The van der Waals surface area contributed by atoms with Crippen LogP contribution in [0.3, 0.4) is 0 Å². The summed E-state index contributed by atoms with van der Waals surface area (Å²) in [5.74, 6) is 0. The number of aliphatic hydroxyl groups is 1. The van der Waals surface area contributed by atoms with Crippen LogP contribution in [0.25, 0.3) is 0 Å². The van der Waals surface area contributed by atoms with Gasteiger partial charge >= 0.3 is 0 Å². The lowest BCUT2D eigenvalue weighted by molar-refractivity contribution is 0.254. The van der Waals surface area contributed by atoms with Gasteiger partial charge in [-0.05, 0) is 50.4 Å². The van der Waals surface area contributed by atoms with E-state index < -0.39 is 16.1 Å². The molecule has 1 aromatic rings. The Labute approximate surface area is 123 Å². The number of nitrogens with one attached hydrogen (secondary N) is 1. The summed E-state index contributed by atoms with van der Waals surface area (Å²) < 4.78 is 27.6. The summed E-state index contributed by atoms with van der Waals surface area (Å²) in [5, 5.41) is 9.05. The van der Waals surface area contributed by atoms with Crippen molar-refractivity contribution in [1.82, 2.24) is 4.72 Å². The first-order chi connectivity index (χ1) is 8.31. The van der Waals surface area contributed by atoms with Gasteiger partial charge in [0.1, 0.15) is 4.90 Å². The van der Waals surface area contributed by atoms with Gasteiger partial charge in [0, 0.05) is 20.7 Å². The van der Waals surface area contributed by atoms with E-state index in [4.69, 9.17) is 10.8 Å². The van der Waals surface area contributed by atoms with Crippen LogP contribution in [0.15, 0.2) is 26.0 Å². The number of hydrogen-bond donors (Lipinski definition) is 3. The molecule has 5 nitrogen and oxygen atoms in total. The van der Waals surface area contributed by atoms with Gasteiger partial charge in [0.2, 0.25) is 10.0 Å². The van der Waals surface area contributed by atoms with Gasteiger partial charge in [-0.25, -0.2) is 13.1 Å². The van der Waals surface area contributed by atoms with Crippen molar-refractivity contribution in [2.24, 2.45) is 0 Å². The fourth-order valence-electron chi connectivity index (χ4n) is 1.36. The van der Waals surface area contributed by atoms with Gasteiger partial charge in [-0.3, -0.25) is 0 Å². The zero-order valence-corrected chi connectivity index (χ0v) is 13.6. The Hall–Kier alpha value is -0.150. The molecule has 1 rings (SSSR count). The largest absolute Gasteiger partial charge is 0.399 e. The Kier molecular flexibility index (Phi) is 5.60. The zero-order valence-electron chi connectivity index (χ0n) is 9.65. The molecule has 102 valence electrons. The summed E-state index contributed by atoms with van der Waals surface area (Å²) in [5.41, 5.74) is 6.06. The molecule has 0 aliphatic carbocycles. The fraction of sp³-hybridized carbons (Fsp3) is 0.400. The van der Waals surface area contributed by atoms with Crippen molar-refractivity contribution in [3.05, 3.63) is 21.1 Å². The quantitative estimate of drug-likeness (QED) is 0.656. The molecule has 0 bridgehead atoms. The van der Waals surface area contributed by atoms with Crippen LogP contribution < -0.4 is 10.5 Å². The van der Waals surface area contributed by atoms with E-state index in [0.29, 0.717) is 21.1 Å². The summed E-state index contributed by atoms with van der Waals surface area (Å²) in [7, 11) is -3.72. The first-order valence-electron chi connectivity index (χ1n) is 5.19. The minimum atomic E-state index is -3.72. The van der Waals surface area contributed by atoms with Crippen LogP contribution in [0.1, 0.15) is 13.3 Å². The van der Waals surface area contributed by atoms with Crippen molar-refractivity contribution in [3.63, 3.8) is 0 Å². The molecule has 1 aromatic carbocycles. The van der Waals surface area contributed by atoms with E-state index >= 15 is 0 Å². The molecule has 0 amide bonds. The number of nitrogens with two attached hydrogens (primary N) is 1. The molecule has 0 aliphatic rings. The predicted molar refractivity (Wildman–Crippen MR) is 77.7 cm³/mol. The molecule has 0 spiro atoms. The van der Waals surface area contributed by atoms with Gasteiger partial charge in [-0.2, -0.15) is 0 Å². The van der Waals surface area contributed by atoms with Crippen molar-refractivity contribution in [2.45, 2.75) is 24.3 Å². The van der Waals surface area contributed by atoms with Crippen LogP contribution in [-0.2, 0) is 10.0 Å². The standard InChI is InChI=1S/C10H14Br2N2O3S/c1-2-7(5-15)14-18(16,17)10-8(11)3-6(13)4-9(10)12/h3-4,7,14-15H,2,5,13H2,1H3. The molecule has 0 heterocycles. The molecule has 0 fully saturated rings. The molecule has 0 saturated heterocycles. The SMILES string of the molecule is CCC(CO)NS(=O)(=O)c1c(Br)cc(N)cc1Br. The smallest absolute Gasteiger partial charge is 0.243 e. The Bertz CT molecular complexity index is 507. The number of halogens is 2. The van der Waals surface area contributed by atoms with E-state index in [1.807, 2.05) is 0 Å². The third kappa shape index (κ3) is 3.67. The molecule has 1 unspecified atom stereocenters. The lowest BCUT2D eigenvalue weighted by Crippen LogP contribution is -2.37. The third-order valence-electron chi connectivity index (χ3n) is 2.32. The number of rotatable bonds is 5. The maximum Gasteiger partial charge on any atom is 0.243 e. The Balaban J connectivity index is 3.21. The minimum Gasteiger partial charge on any atom is -0.399 e. The summed E-state index contributed by atoms with van der Waals surface area (Å²) in [6.07, 6.45) is 0.500. The van der Waals surface area contributed by atoms with Gasteiger partial charge in [0.05, 0.1) is 6.61 Å². The van der Waals surface area contributed by atoms with Crippen LogP contribution in [-0.4, -0.2) is 26.2 Å². The van der Waals surface area contributed by atoms with Crippen molar-refractivity contribution in [3.8, 4) is 0 Å². The topological polar surface area (TPSA) is 92.4 Å². The summed E-state index contributed by atoms with van der Waals surface area (Å²) in [6, 6.07) is 2.52. The third-order valence-corrected chi connectivity index (χ3v) is 5.72. The number of benzene rings is 1. The Morgan fingerprint density at radius 3 is 2.28 bits per heavy atom. The van der Waals surface area contributed by atoms with Crippen LogP contribution in [0.4, 0.5) is 5.69 Å². The van der Waals surface area contributed by atoms with E-state index in [9.17, 15) is 8.42 Å². The summed E-state index contributed by atoms with van der Waals surface area (Å²) in [6.45, 7) is 1.54. The Morgan fingerprint density at radius 2 is 1.89 bits per heavy atom. The molecule has 18 heavy (non-hydrogen) atoms. The predicted octanol–water partition coefficient (Wildman–Crippen LogP) is 1.84. The maximum atomic E-state index is 12.2. The van der Waals surface area contributed by atoms with Gasteiger partial charge < -0.3 is 10.8 Å². The fourth-order valence-corrected chi connectivity index (χ4v) is 5.29. The highest BCUT2D eigenvalue weighted by atomic mass is 79.9. The Morgan fingerprint density at radius 1 is 1.39 bits per heavy atom. The average Bonchev–Trinajstić information content (AvgIpc) is 2.23. The van der Waals surface area contributed by atoms with E-state index in [1.165, 1.54) is 12.1 Å². The van der Waals surface area contributed by atoms with Gasteiger partial charge in [0.25, 0.3) is 0 Å². The van der Waals surface area contributed by atoms with E-state index in [-0.39, 0.29) is 11.5 Å². The van der Waals surface area contributed by atoms with Gasteiger partial charge in [-0.15, -0.1) is 0 Å². The first-order valence-corrected chi connectivity index (χ1v) is 8.26. The average molecular weight is 402 g/mol. The van der Waals surface area contributed by atoms with E-state index in [2.05, 4.69) is 36.6 Å².